The molecular weight excluding hydrogens is 234 g/mol. The van der Waals surface area contributed by atoms with Crippen LogP contribution in [0.15, 0.2) is 23.4 Å². The highest BCUT2D eigenvalue weighted by atomic mass is 16.5. The fraction of sp³-hybridized carbons (Fsp3) is 0.462. The minimum atomic E-state index is -0.0181. The van der Waals surface area contributed by atoms with Crippen LogP contribution in [0.2, 0.25) is 0 Å². The lowest BCUT2D eigenvalue weighted by Gasteiger charge is -2.15. The molecular formula is C13H19NO4. The minimum Gasteiger partial charge on any atom is -0.497 e. The van der Waals surface area contributed by atoms with Gasteiger partial charge in [0.2, 0.25) is 0 Å². The summed E-state index contributed by atoms with van der Waals surface area (Å²) in [6.45, 7) is 4.02. The molecule has 1 unspecified atom stereocenters. The van der Waals surface area contributed by atoms with Gasteiger partial charge in [0.25, 0.3) is 0 Å². The van der Waals surface area contributed by atoms with Crippen molar-refractivity contribution in [1.29, 1.82) is 0 Å². The van der Waals surface area contributed by atoms with Gasteiger partial charge in [0.05, 0.1) is 18.9 Å². The van der Waals surface area contributed by atoms with E-state index in [1.165, 1.54) is 0 Å². The number of nitrogens with zero attached hydrogens (tertiary/aromatic N) is 1. The molecule has 5 heteroatoms. The lowest BCUT2D eigenvalue weighted by molar-refractivity contribution is 0.0715. The molecule has 1 rings (SSSR count). The molecule has 0 aliphatic carbocycles. The van der Waals surface area contributed by atoms with Gasteiger partial charge in [-0.05, 0) is 26.0 Å². The van der Waals surface area contributed by atoms with E-state index in [9.17, 15) is 0 Å². The Kier molecular flexibility index (Phi) is 5.45. The smallest absolute Gasteiger partial charge is 0.132 e. The van der Waals surface area contributed by atoms with Crippen LogP contribution in [-0.2, 0) is 4.74 Å². The van der Waals surface area contributed by atoms with Gasteiger partial charge in [-0.2, -0.15) is 0 Å². The van der Waals surface area contributed by atoms with Gasteiger partial charge in [0, 0.05) is 18.7 Å². The number of methoxy groups -OCH3 is 2. The zero-order valence-corrected chi connectivity index (χ0v) is 11.1. The normalized spacial score (nSPS) is 13.2. The summed E-state index contributed by atoms with van der Waals surface area (Å²) >= 11 is 0. The fourth-order valence-corrected chi connectivity index (χ4v) is 1.38. The maximum absolute atomic E-state index is 8.84. The fourth-order valence-electron chi connectivity index (χ4n) is 1.38. The number of hydrogen-bond acceptors (Lipinski definition) is 5. The van der Waals surface area contributed by atoms with Crippen LogP contribution in [0.4, 0.5) is 0 Å². The largest absolute Gasteiger partial charge is 0.497 e. The van der Waals surface area contributed by atoms with Crippen LogP contribution in [0, 0.1) is 0 Å². The number of rotatable bonds is 6. The molecule has 0 spiro atoms. The Labute approximate surface area is 107 Å². The molecule has 0 aromatic heterocycles. The molecule has 0 aliphatic rings. The maximum atomic E-state index is 8.84. The molecule has 1 aromatic rings. The van der Waals surface area contributed by atoms with Crippen LogP contribution in [-0.4, -0.2) is 37.8 Å². The monoisotopic (exact) mass is 253 g/mol. The average Bonchev–Trinajstić information content (AvgIpc) is 2.43. The summed E-state index contributed by atoms with van der Waals surface area (Å²) in [5.74, 6) is 1.29. The van der Waals surface area contributed by atoms with Crippen LogP contribution in [0.25, 0.3) is 0 Å². The van der Waals surface area contributed by atoms with Crippen LogP contribution < -0.4 is 9.47 Å². The van der Waals surface area contributed by atoms with Gasteiger partial charge in [0.1, 0.15) is 18.1 Å². The van der Waals surface area contributed by atoms with E-state index >= 15 is 0 Å². The highest BCUT2D eigenvalue weighted by molar-refractivity contribution is 6.00. The van der Waals surface area contributed by atoms with Crippen molar-refractivity contribution in [1.82, 2.24) is 0 Å². The quantitative estimate of drug-likeness (QED) is 0.480. The molecule has 1 atom stereocenters. The molecule has 0 bridgehead atoms. The standard InChI is InChI=1S/C13H19NO4/c1-9(16-3)8-18-13-7-11(17-4)5-6-12(13)10(2)14-15/h5-7,9,15H,8H2,1-4H3/b14-10+. The van der Waals surface area contributed by atoms with E-state index in [1.807, 2.05) is 6.92 Å². The van der Waals surface area contributed by atoms with Crippen molar-refractivity contribution in [2.24, 2.45) is 5.16 Å². The van der Waals surface area contributed by atoms with E-state index < -0.39 is 0 Å². The SMILES string of the molecule is COc1ccc(/C(C)=N/O)c(OCC(C)OC)c1. The molecule has 18 heavy (non-hydrogen) atoms. The summed E-state index contributed by atoms with van der Waals surface area (Å²) in [4.78, 5) is 0. The third kappa shape index (κ3) is 3.63. The van der Waals surface area contributed by atoms with Crippen molar-refractivity contribution >= 4 is 5.71 Å². The second kappa shape index (κ2) is 6.86. The predicted octanol–water partition coefficient (Wildman–Crippen LogP) is 2.31. The lowest BCUT2D eigenvalue weighted by atomic mass is 10.1. The molecule has 0 aliphatic heterocycles. The summed E-state index contributed by atoms with van der Waals surface area (Å²) in [5, 5.41) is 12.0. The summed E-state index contributed by atoms with van der Waals surface area (Å²) in [5.41, 5.74) is 1.21. The first-order valence-corrected chi connectivity index (χ1v) is 5.65. The molecule has 0 heterocycles. The summed E-state index contributed by atoms with van der Waals surface area (Å²) in [6, 6.07) is 5.34. The Morgan fingerprint density at radius 3 is 2.67 bits per heavy atom. The van der Waals surface area contributed by atoms with E-state index in [2.05, 4.69) is 5.16 Å². The first kappa shape index (κ1) is 14.3. The van der Waals surface area contributed by atoms with Crippen molar-refractivity contribution in [3.05, 3.63) is 23.8 Å². The van der Waals surface area contributed by atoms with E-state index in [1.54, 1.807) is 39.3 Å². The second-order valence-corrected chi connectivity index (χ2v) is 3.90. The Balaban J connectivity index is 2.97. The molecule has 1 N–H and O–H groups in total. The Hall–Kier alpha value is -1.75. The minimum absolute atomic E-state index is 0.0181. The van der Waals surface area contributed by atoms with Crippen molar-refractivity contribution in [2.75, 3.05) is 20.8 Å². The maximum Gasteiger partial charge on any atom is 0.132 e. The topological polar surface area (TPSA) is 60.3 Å². The van der Waals surface area contributed by atoms with E-state index in [0.29, 0.717) is 23.8 Å². The third-order valence-electron chi connectivity index (χ3n) is 2.60. The van der Waals surface area contributed by atoms with Gasteiger partial charge >= 0.3 is 0 Å². The molecule has 0 saturated carbocycles. The number of ether oxygens (including phenoxy) is 3. The Morgan fingerprint density at radius 2 is 2.11 bits per heavy atom. The van der Waals surface area contributed by atoms with Crippen molar-refractivity contribution in [2.45, 2.75) is 20.0 Å². The molecule has 100 valence electrons. The zero-order valence-electron chi connectivity index (χ0n) is 11.1. The second-order valence-electron chi connectivity index (χ2n) is 3.90. The summed E-state index contributed by atoms with van der Waals surface area (Å²) in [7, 11) is 3.21. The Bertz CT molecular complexity index is 417. The molecule has 1 aromatic carbocycles. The van der Waals surface area contributed by atoms with Gasteiger partial charge in [-0.1, -0.05) is 5.16 Å². The van der Waals surface area contributed by atoms with Crippen molar-refractivity contribution in [3.63, 3.8) is 0 Å². The first-order valence-electron chi connectivity index (χ1n) is 5.65. The van der Waals surface area contributed by atoms with Gasteiger partial charge in [0.15, 0.2) is 0 Å². The zero-order chi connectivity index (χ0) is 13.5. The van der Waals surface area contributed by atoms with E-state index in [4.69, 9.17) is 19.4 Å². The van der Waals surface area contributed by atoms with Crippen molar-refractivity contribution < 1.29 is 19.4 Å². The van der Waals surface area contributed by atoms with Gasteiger partial charge in [-0.3, -0.25) is 0 Å². The first-order chi connectivity index (χ1) is 8.62. The van der Waals surface area contributed by atoms with E-state index in [0.717, 1.165) is 5.56 Å². The highest BCUT2D eigenvalue weighted by Crippen LogP contribution is 2.25. The van der Waals surface area contributed by atoms with Crippen LogP contribution in [0.3, 0.4) is 0 Å². The van der Waals surface area contributed by atoms with E-state index in [-0.39, 0.29) is 6.10 Å². The number of oxime groups is 1. The van der Waals surface area contributed by atoms with Crippen LogP contribution in [0.1, 0.15) is 19.4 Å². The van der Waals surface area contributed by atoms with Gasteiger partial charge in [-0.15, -0.1) is 0 Å². The highest BCUT2D eigenvalue weighted by Gasteiger charge is 2.10. The number of hydrogen-bond donors (Lipinski definition) is 1. The molecule has 0 amide bonds. The van der Waals surface area contributed by atoms with Gasteiger partial charge < -0.3 is 19.4 Å². The molecule has 0 radical (unpaired) electrons. The summed E-state index contributed by atoms with van der Waals surface area (Å²) in [6.07, 6.45) is -0.0181. The third-order valence-corrected chi connectivity index (χ3v) is 2.60. The average molecular weight is 253 g/mol. The van der Waals surface area contributed by atoms with Crippen molar-refractivity contribution in [3.8, 4) is 11.5 Å². The predicted molar refractivity (Wildman–Crippen MR) is 69.0 cm³/mol. The number of benzene rings is 1. The molecule has 5 nitrogen and oxygen atoms in total. The van der Waals surface area contributed by atoms with Gasteiger partial charge in [-0.25, -0.2) is 0 Å². The Morgan fingerprint density at radius 1 is 1.39 bits per heavy atom. The lowest BCUT2D eigenvalue weighted by Crippen LogP contribution is -2.17. The molecule has 0 saturated heterocycles. The van der Waals surface area contributed by atoms with Crippen LogP contribution >= 0.6 is 0 Å². The molecule has 0 fully saturated rings. The summed E-state index contributed by atoms with van der Waals surface area (Å²) < 4.78 is 15.9. The van der Waals surface area contributed by atoms with Crippen LogP contribution in [0.5, 0.6) is 11.5 Å².